The lowest BCUT2D eigenvalue weighted by atomic mass is 10.0. The van der Waals surface area contributed by atoms with Crippen molar-refractivity contribution in [3.8, 4) is 0 Å². The van der Waals surface area contributed by atoms with Crippen LogP contribution >= 0.6 is 12.2 Å². The summed E-state index contributed by atoms with van der Waals surface area (Å²) >= 11 is 5.47. The molecule has 0 spiro atoms. The van der Waals surface area contributed by atoms with E-state index in [0.29, 0.717) is 17.6 Å². The topological polar surface area (TPSA) is 41.9 Å². The predicted molar refractivity (Wildman–Crippen MR) is 121 cm³/mol. The number of aryl methyl sites for hydroxylation is 1. The zero-order valence-electron chi connectivity index (χ0n) is 17.0. The molecule has 4 nitrogen and oxygen atoms in total. The minimum atomic E-state index is 0.525. The highest BCUT2D eigenvalue weighted by Gasteiger charge is 2.12. The van der Waals surface area contributed by atoms with Gasteiger partial charge >= 0.3 is 0 Å². The number of benzene rings is 2. The molecular formula is C23H28N4S. The normalized spacial score (nSPS) is 10.9. The third-order valence-electron chi connectivity index (χ3n) is 4.97. The number of aromatic nitrogens is 2. The number of hydrogen-bond acceptors (Lipinski definition) is 2. The van der Waals surface area contributed by atoms with Gasteiger partial charge in [-0.3, -0.25) is 4.68 Å². The van der Waals surface area contributed by atoms with Crippen molar-refractivity contribution >= 4 is 23.0 Å². The third kappa shape index (κ3) is 4.98. The van der Waals surface area contributed by atoms with Crippen LogP contribution in [0.3, 0.4) is 0 Å². The second-order valence-electron chi connectivity index (χ2n) is 7.38. The minimum absolute atomic E-state index is 0.525. The van der Waals surface area contributed by atoms with Crippen LogP contribution in [0.15, 0.2) is 54.6 Å². The summed E-state index contributed by atoms with van der Waals surface area (Å²) in [6, 6.07) is 18.8. The summed E-state index contributed by atoms with van der Waals surface area (Å²) in [5, 5.41) is 11.9. The Morgan fingerprint density at radius 2 is 1.71 bits per heavy atom. The van der Waals surface area contributed by atoms with Gasteiger partial charge in [0.15, 0.2) is 5.11 Å². The molecule has 0 aliphatic heterocycles. The molecular weight excluding hydrogens is 364 g/mol. The fourth-order valence-corrected chi connectivity index (χ4v) is 3.39. The van der Waals surface area contributed by atoms with E-state index in [-0.39, 0.29) is 0 Å². The van der Waals surface area contributed by atoms with E-state index in [4.69, 9.17) is 17.3 Å². The number of thiocarbonyl (C=S) groups is 1. The zero-order valence-corrected chi connectivity index (χ0v) is 17.8. The summed E-state index contributed by atoms with van der Waals surface area (Å²) < 4.78 is 2.06. The molecule has 0 amide bonds. The van der Waals surface area contributed by atoms with Gasteiger partial charge < -0.3 is 10.6 Å². The van der Waals surface area contributed by atoms with Gasteiger partial charge in [-0.05, 0) is 55.2 Å². The fraction of sp³-hybridized carbons (Fsp3) is 0.304. The maximum atomic E-state index is 5.47. The van der Waals surface area contributed by atoms with E-state index in [0.717, 1.165) is 23.6 Å². The highest BCUT2D eigenvalue weighted by atomic mass is 32.1. The molecule has 1 heterocycles. The van der Waals surface area contributed by atoms with Crippen LogP contribution in [0.25, 0.3) is 0 Å². The first-order valence-corrected chi connectivity index (χ1v) is 10.1. The second kappa shape index (κ2) is 9.02. The molecule has 0 fully saturated rings. The molecule has 0 aliphatic rings. The molecule has 0 saturated carbocycles. The van der Waals surface area contributed by atoms with Crippen molar-refractivity contribution in [1.82, 2.24) is 15.1 Å². The number of hydrogen-bond donors (Lipinski definition) is 2. The van der Waals surface area contributed by atoms with Gasteiger partial charge in [-0.15, -0.1) is 0 Å². The van der Waals surface area contributed by atoms with Crippen LogP contribution in [0.4, 0.5) is 5.69 Å². The highest BCUT2D eigenvalue weighted by Crippen LogP contribution is 2.18. The van der Waals surface area contributed by atoms with Crippen molar-refractivity contribution in [1.29, 1.82) is 0 Å². The minimum Gasteiger partial charge on any atom is -0.358 e. The second-order valence-corrected chi connectivity index (χ2v) is 7.79. The van der Waals surface area contributed by atoms with Crippen LogP contribution < -0.4 is 10.6 Å². The molecule has 2 aromatic carbocycles. The Bertz CT molecular complexity index is 927. The zero-order chi connectivity index (χ0) is 20.1. The largest absolute Gasteiger partial charge is 0.358 e. The molecule has 0 radical (unpaired) electrons. The molecule has 0 bridgehead atoms. The van der Waals surface area contributed by atoms with E-state index < -0.39 is 0 Å². The Hall–Kier alpha value is -2.66. The predicted octanol–water partition coefficient (Wildman–Crippen LogP) is 5.16. The highest BCUT2D eigenvalue weighted by molar-refractivity contribution is 7.80. The molecule has 0 aliphatic carbocycles. The van der Waals surface area contributed by atoms with Gasteiger partial charge in [-0.2, -0.15) is 5.10 Å². The van der Waals surface area contributed by atoms with E-state index in [2.05, 4.69) is 84.6 Å². The van der Waals surface area contributed by atoms with Crippen molar-refractivity contribution < 1.29 is 0 Å². The molecule has 3 aromatic rings. The first-order valence-electron chi connectivity index (χ1n) is 9.65. The summed E-state index contributed by atoms with van der Waals surface area (Å²) in [6.07, 6.45) is 0. The van der Waals surface area contributed by atoms with Crippen molar-refractivity contribution in [2.45, 2.75) is 46.7 Å². The van der Waals surface area contributed by atoms with Gasteiger partial charge in [-0.1, -0.05) is 56.3 Å². The molecule has 146 valence electrons. The molecule has 2 N–H and O–H groups in total. The Kier molecular flexibility index (Phi) is 6.47. The van der Waals surface area contributed by atoms with E-state index in [1.807, 2.05) is 13.0 Å². The SMILES string of the molecule is Cc1nn(Cc2ccccc2)c(C)c1CNC(=S)Nc1ccc(C(C)C)cc1. The summed E-state index contributed by atoms with van der Waals surface area (Å²) in [7, 11) is 0. The fourth-order valence-electron chi connectivity index (χ4n) is 3.20. The Morgan fingerprint density at radius 1 is 1.04 bits per heavy atom. The quantitative estimate of drug-likeness (QED) is 0.569. The van der Waals surface area contributed by atoms with Crippen molar-refractivity contribution in [3.63, 3.8) is 0 Å². The molecule has 5 heteroatoms. The van der Waals surface area contributed by atoms with E-state index in [9.17, 15) is 0 Å². The summed E-state index contributed by atoms with van der Waals surface area (Å²) in [6.45, 7) is 9.98. The van der Waals surface area contributed by atoms with Gasteiger partial charge in [0.25, 0.3) is 0 Å². The Labute approximate surface area is 173 Å². The van der Waals surface area contributed by atoms with E-state index >= 15 is 0 Å². The lowest BCUT2D eigenvalue weighted by molar-refractivity contribution is 0.657. The molecule has 1 aromatic heterocycles. The third-order valence-corrected chi connectivity index (χ3v) is 5.21. The summed E-state index contributed by atoms with van der Waals surface area (Å²) in [5.41, 5.74) is 6.95. The average Bonchev–Trinajstić information content (AvgIpc) is 2.94. The first kappa shape index (κ1) is 20.1. The van der Waals surface area contributed by atoms with Gasteiger partial charge in [0, 0.05) is 23.5 Å². The molecule has 3 rings (SSSR count). The maximum Gasteiger partial charge on any atom is 0.171 e. The molecule has 0 atom stereocenters. The average molecular weight is 393 g/mol. The van der Waals surface area contributed by atoms with Gasteiger partial charge in [0.2, 0.25) is 0 Å². The lowest BCUT2D eigenvalue weighted by Crippen LogP contribution is -2.28. The van der Waals surface area contributed by atoms with Crippen LogP contribution in [-0.4, -0.2) is 14.9 Å². The standard InChI is InChI=1S/C23H28N4S/c1-16(2)20-10-12-21(13-11-20)25-23(28)24-14-22-17(3)26-27(18(22)4)15-19-8-6-5-7-9-19/h5-13,16H,14-15H2,1-4H3,(H2,24,25,28). The van der Waals surface area contributed by atoms with Crippen molar-refractivity contribution in [3.05, 3.63) is 82.7 Å². The molecule has 0 saturated heterocycles. The molecule has 0 unspecified atom stereocenters. The van der Waals surface area contributed by atoms with E-state index in [1.165, 1.54) is 16.7 Å². The first-order chi connectivity index (χ1) is 13.4. The number of nitrogens with zero attached hydrogens (tertiary/aromatic N) is 2. The van der Waals surface area contributed by atoms with Crippen molar-refractivity contribution in [2.24, 2.45) is 0 Å². The lowest BCUT2D eigenvalue weighted by Gasteiger charge is -2.12. The van der Waals surface area contributed by atoms with Gasteiger partial charge in [-0.25, -0.2) is 0 Å². The smallest absolute Gasteiger partial charge is 0.171 e. The van der Waals surface area contributed by atoms with Crippen LogP contribution in [-0.2, 0) is 13.1 Å². The Morgan fingerprint density at radius 3 is 2.36 bits per heavy atom. The number of rotatable bonds is 6. The number of nitrogens with one attached hydrogen (secondary N) is 2. The number of anilines is 1. The van der Waals surface area contributed by atoms with Crippen molar-refractivity contribution in [2.75, 3.05) is 5.32 Å². The monoisotopic (exact) mass is 392 g/mol. The van der Waals surface area contributed by atoms with Crippen LogP contribution in [0.5, 0.6) is 0 Å². The Balaban J connectivity index is 1.60. The van der Waals surface area contributed by atoms with Crippen LogP contribution in [0.1, 0.15) is 47.8 Å². The summed E-state index contributed by atoms with van der Waals surface area (Å²) in [4.78, 5) is 0. The van der Waals surface area contributed by atoms with Gasteiger partial charge in [0.05, 0.1) is 12.2 Å². The maximum absolute atomic E-state index is 5.47. The summed E-state index contributed by atoms with van der Waals surface area (Å²) in [5.74, 6) is 0.525. The van der Waals surface area contributed by atoms with Crippen LogP contribution in [0, 0.1) is 13.8 Å². The van der Waals surface area contributed by atoms with E-state index in [1.54, 1.807) is 0 Å². The van der Waals surface area contributed by atoms with Gasteiger partial charge in [0.1, 0.15) is 0 Å². The van der Waals surface area contributed by atoms with Crippen LogP contribution in [0.2, 0.25) is 0 Å². The molecule has 28 heavy (non-hydrogen) atoms.